The van der Waals surface area contributed by atoms with Crippen LogP contribution in [0.3, 0.4) is 0 Å². The molecule has 17 heavy (non-hydrogen) atoms. The maximum Gasteiger partial charge on any atom is 0.130 e. The molecule has 1 aromatic rings. The number of nitrogens with zero attached hydrogens (tertiary/aromatic N) is 2. The first-order valence-corrected chi connectivity index (χ1v) is 5.05. The SMILES string of the molecule is C=CCc1cc(C=C(C#N)C#N)ccc1OC. The number of ether oxygens (including phenoxy) is 1. The molecular formula is C14H12N2O. The fourth-order valence-electron chi connectivity index (χ4n) is 1.46. The molecule has 0 saturated carbocycles. The van der Waals surface area contributed by atoms with E-state index in [9.17, 15) is 0 Å². The second-order valence-corrected chi connectivity index (χ2v) is 3.35. The predicted molar refractivity (Wildman–Crippen MR) is 66.1 cm³/mol. The van der Waals surface area contributed by atoms with Gasteiger partial charge in [0.05, 0.1) is 7.11 Å². The summed E-state index contributed by atoms with van der Waals surface area (Å²) in [5.74, 6) is 0.775. The maximum atomic E-state index is 8.68. The highest BCUT2D eigenvalue weighted by Gasteiger charge is 2.02. The van der Waals surface area contributed by atoms with Gasteiger partial charge in [-0.2, -0.15) is 10.5 Å². The Morgan fingerprint density at radius 2 is 2.12 bits per heavy atom. The molecular weight excluding hydrogens is 212 g/mol. The lowest BCUT2D eigenvalue weighted by Gasteiger charge is -2.07. The van der Waals surface area contributed by atoms with Gasteiger partial charge in [0.1, 0.15) is 23.5 Å². The van der Waals surface area contributed by atoms with Crippen molar-refractivity contribution in [3.05, 3.63) is 47.6 Å². The highest BCUT2D eigenvalue weighted by atomic mass is 16.5. The second kappa shape index (κ2) is 6.15. The van der Waals surface area contributed by atoms with Gasteiger partial charge in [0.15, 0.2) is 0 Å². The number of methoxy groups -OCH3 is 1. The summed E-state index contributed by atoms with van der Waals surface area (Å²) in [7, 11) is 1.60. The Balaban J connectivity index is 3.18. The Kier molecular flexibility index (Phi) is 4.54. The molecule has 0 radical (unpaired) electrons. The number of hydrogen-bond acceptors (Lipinski definition) is 3. The zero-order chi connectivity index (χ0) is 12.7. The number of allylic oxidation sites excluding steroid dienone is 2. The van der Waals surface area contributed by atoms with Gasteiger partial charge >= 0.3 is 0 Å². The predicted octanol–water partition coefficient (Wildman–Crippen LogP) is 2.85. The second-order valence-electron chi connectivity index (χ2n) is 3.35. The van der Waals surface area contributed by atoms with E-state index in [1.54, 1.807) is 25.3 Å². The molecule has 1 aromatic carbocycles. The van der Waals surface area contributed by atoms with Crippen LogP contribution in [0, 0.1) is 22.7 Å². The van der Waals surface area contributed by atoms with Crippen molar-refractivity contribution in [2.75, 3.05) is 7.11 Å². The zero-order valence-electron chi connectivity index (χ0n) is 9.60. The third-order valence-electron chi connectivity index (χ3n) is 2.22. The van der Waals surface area contributed by atoms with E-state index >= 15 is 0 Å². The molecule has 0 aliphatic heterocycles. The fraction of sp³-hybridized carbons (Fsp3) is 0.143. The molecule has 0 fully saturated rings. The van der Waals surface area contributed by atoms with Gasteiger partial charge in [0, 0.05) is 0 Å². The van der Waals surface area contributed by atoms with Crippen molar-refractivity contribution in [2.24, 2.45) is 0 Å². The lowest BCUT2D eigenvalue weighted by Crippen LogP contribution is -1.91. The van der Waals surface area contributed by atoms with E-state index in [2.05, 4.69) is 6.58 Å². The van der Waals surface area contributed by atoms with E-state index in [1.165, 1.54) is 0 Å². The summed E-state index contributed by atoms with van der Waals surface area (Å²) < 4.78 is 5.21. The van der Waals surface area contributed by atoms with Gasteiger partial charge in [-0.15, -0.1) is 6.58 Å². The zero-order valence-corrected chi connectivity index (χ0v) is 9.60. The first kappa shape index (κ1) is 12.5. The van der Waals surface area contributed by atoms with Crippen molar-refractivity contribution in [3.8, 4) is 17.9 Å². The molecule has 0 aliphatic rings. The molecule has 0 amide bonds. The average Bonchev–Trinajstić information content (AvgIpc) is 2.36. The Bertz CT molecular complexity index is 514. The van der Waals surface area contributed by atoms with Crippen LogP contribution in [0.15, 0.2) is 36.4 Å². The summed E-state index contributed by atoms with van der Waals surface area (Å²) in [6.45, 7) is 3.68. The topological polar surface area (TPSA) is 56.8 Å². The Morgan fingerprint density at radius 1 is 1.41 bits per heavy atom. The smallest absolute Gasteiger partial charge is 0.130 e. The minimum absolute atomic E-state index is 0.0831. The first-order chi connectivity index (χ1) is 8.24. The molecule has 0 spiro atoms. The summed E-state index contributed by atoms with van der Waals surface area (Å²) >= 11 is 0. The van der Waals surface area contributed by atoms with Gasteiger partial charge < -0.3 is 4.74 Å². The van der Waals surface area contributed by atoms with Crippen LogP contribution in [-0.4, -0.2) is 7.11 Å². The molecule has 0 atom stereocenters. The van der Waals surface area contributed by atoms with Crippen LogP contribution in [0.1, 0.15) is 11.1 Å². The van der Waals surface area contributed by atoms with Crippen molar-refractivity contribution < 1.29 is 4.74 Å². The molecule has 3 heteroatoms. The van der Waals surface area contributed by atoms with Gasteiger partial charge in [-0.1, -0.05) is 12.1 Å². The molecule has 1 rings (SSSR count). The van der Waals surface area contributed by atoms with Crippen molar-refractivity contribution in [1.29, 1.82) is 10.5 Å². The Hall–Kier alpha value is -2.52. The van der Waals surface area contributed by atoms with E-state index in [-0.39, 0.29) is 5.57 Å². The number of rotatable bonds is 4. The van der Waals surface area contributed by atoms with E-state index in [0.29, 0.717) is 6.42 Å². The van der Waals surface area contributed by atoms with Crippen LogP contribution < -0.4 is 4.74 Å². The standard InChI is InChI=1S/C14H12N2O/c1-3-4-13-8-11(5-6-14(13)17-2)7-12(9-15)10-16/h3,5-8H,1,4H2,2H3. The highest BCUT2D eigenvalue weighted by Crippen LogP contribution is 2.22. The summed E-state index contributed by atoms with van der Waals surface area (Å²) in [6.07, 6.45) is 4.01. The average molecular weight is 224 g/mol. The van der Waals surface area contributed by atoms with Gasteiger partial charge in [-0.3, -0.25) is 0 Å². The van der Waals surface area contributed by atoms with Gasteiger partial charge in [0.25, 0.3) is 0 Å². The van der Waals surface area contributed by atoms with E-state index < -0.39 is 0 Å². The van der Waals surface area contributed by atoms with Crippen molar-refractivity contribution in [2.45, 2.75) is 6.42 Å². The molecule has 0 N–H and O–H groups in total. The van der Waals surface area contributed by atoms with Crippen molar-refractivity contribution in [3.63, 3.8) is 0 Å². The van der Waals surface area contributed by atoms with Gasteiger partial charge in [-0.05, 0) is 35.8 Å². The summed E-state index contributed by atoms with van der Waals surface area (Å²) in [4.78, 5) is 0. The normalized spacial score (nSPS) is 8.65. The quantitative estimate of drug-likeness (QED) is 0.583. The van der Waals surface area contributed by atoms with E-state index in [4.69, 9.17) is 15.3 Å². The van der Waals surface area contributed by atoms with Gasteiger partial charge in [-0.25, -0.2) is 0 Å². The summed E-state index contributed by atoms with van der Waals surface area (Å²) in [5.41, 5.74) is 1.87. The molecule has 0 aromatic heterocycles. The number of nitriles is 2. The lowest BCUT2D eigenvalue weighted by molar-refractivity contribution is 0.410. The van der Waals surface area contributed by atoms with Crippen LogP contribution >= 0.6 is 0 Å². The van der Waals surface area contributed by atoms with Crippen LogP contribution in [0.25, 0.3) is 6.08 Å². The summed E-state index contributed by atoms with van der Waals surface area (Å²) in [5, 5.41) is 17.4. The maximum absolute atomic E-state index is 8.68. The third-order valence-corrected chi connectivity index (χ3v) is 2.22. The summed E-state index contributed by atoms with van der Waals surface area (Å²) in [6, 6.07) is 9.16. The number of hydrogen-bond donors (Lipinski definition) is 0. The van der Waals surface area contributed by atoms with Crippen molar-refractivity contribution in [1.82, 2.24) is 0 Å². The molecule has 3 nitrogen and oxygen atoms in total. The van der Waals surface area contributed by atoms with Gasteiger partial charge in [0.2, 0.25) is 0 Å². The highest BCUT2D eigenvalue weighted by molar-refractivity contribution is 5.63. The van der Waals surface area contributed by atoms with Crippen LogP contribution in [0.2, 0.25) is 0 Å². The lowest BCUT2D eigenvalue weighted by atomic mass is 10.1. The Labute approximate surface area is 101 Å². The van der Waals surface area contributed by atoms with Crippen LogP contribution in [0.5, 0.6) is 5.75 Å². The largest absolute Gasteiger partial charge is 0.496 e. The minimum atomic E-state index is 0.0831. The third kappa shape index (κ3) is 3.22. The molecule has 0 heterocycles. The van der Waals surface area contributed by atoms with E-state index in [0.717, 1.165) is 16.9 Å². The number of benzene rings is 1. The molecule has 0 unspecified atom stereocenters. The van der Waals surface area contributed by atoms with E-state index in [1.807, 2.05) is 24.3 Å². The minimum Gasteiger partial charge on any atom is -0.496 e. The molecule has 0 saturated heterocycles. The van der Waals surface area contributed by atoms with Crippen LogP contribution in [-0.2, 0) is 6.42 Å². The van der Waals surface area contributed by atoms with Crippen LogP contribution in [0.4, 0.5) is 0 Å². The molecule has 0 bridgehead atoms. The van der Waals surface area contributed by atoms with Crippen molar-refractivity contribution >= 4 is 6.08 Å². The molecule has 0 aliphatic carbocycles. The monoisotopic (exact) mass is 224 g/mol. The Morgan fingerprint density at radius 3 is 2.65 bits per heavy atom. The first-order valence-electron chi connectivity index (χ1n) is 5.05. The fourth-order valence-corrected chi connectivity index (χ4v) is 1.46. The molecule has 84 valence electrons.